The number of nitrogens with one attached hydrogen (secondary N) is 1. The van der Waals surface area contributed by atoms with Crippen molar-refractivity contribution in [1.29, 1.82) is 0 Å². The average Bonchev–Trinajstić information content (AvgIpc) is 2.84. The summed E-state index contributed by atoms with van der Waals surface area (Å²) in [6.45, 7) is 6.18. The van der Waals surface area contributed by atoms with Crippen molar-refractivity contribution in [1.82, 2.24) is 14.9 Å². The first-order valence-corrected chi connectivity index (χ1v) is 7.49. The third kappa shape index (κ3) is 3.91. The molecule has 19 heavy (non-hydrogen) atoms. The molecule has 0 fully saturated rings. The van der Waals surface area contributed by atoms with E-state index in [1.807, 2.05) is 18.5 Å². The SMILES string of the molecule is CCCn1ccnc1CN[C@H](C)c1cccc(Br)c1. The highest BCUT2D eigenvalue weighted by atomic mass is 79.9. The van der Waals surface area contributed by atoms with E-state index in [1.54, 1.807) is 0 Å². The summed E-state index contributed by atoms with van der Waals surface area (Å²) in [4.78, 5) is 4.41. The summed E-state index contributed by atoms with van der Waals surface area (Å²) in [7, 11) is 0. The molecule has 4 heteroatoms. The summed E-state index contributed by atoms with van der Waals surface area (Å²) in [6, 6.07) is 8.71. The molecule has 1 N–H and O–H groups in total. The molecule has 1 heterocycles. The van der Waals surface area contributed by atoms with Crippen LogP contribution in [-0.4, -0.2) is 9.55 Å². The third-order valence-electron chi connectivity index (χ3n) is 3.18. The molecule has 0 unspecified atom stereocenters. The standard InChI is InChI=1S/C15H20BrN3/c1-3-8-19-9-7-17-15(19)11-18-12(2)13-5-4-6-14(16)10-13/h4-7,9-10,12,18H,3,8,11H2,1-2H3/t12-/m1/s1. The molecule has 0 aliphatic rings. The van der Waals surface area contributed by atoms with Crippen LogP contribution in [0.3, 0.4) is 0 Å². The van der Waals surface area contributed by atoms with Crippen LogP contribution in [0.5, 0.6) is 0 Å². The van der Waals surface area contributed by atoms with Crippen molar-refractivity contribution in [3.05, 3.63) is 52.5 Å². The molecule has 0 spiro atoms. The lowest BCUT2D eigenvalue weighted by Gasteiger charge is -2.15. The van der Waals surface area contributed by atoms with Crippen LogP contribution in [0, 0.1) is 0 Å². The van der Waals surface area contributed by atoms with E-state index in [4.69, 9.17) is 0 Å². The van der Waals surface area contributed by atoms with Crippen LogP contribution in [0.1, 0.15) is 37.7 Å². The van der Waals surface area contributed by atoms with Crippen LogP contribution >= 0.6 is 15.9 Å². The molecule has 0 amide bonds. The van der Waals surface area contributed by atoms with Crippen LogP contribution in [0.4, 0.5) is 0 Å². The van der Waals surface area contributed by atoms with Crippen molar-refractivity contribution in [2.24, 2.45) is 0 Å². The average molecular weight is 322 g/mol. The van der Waals surface area contributed by atoms with Gasteiger partial charge in [0.2, 0.25) is 0 Å². The third-order valence-corrected chi connectivity index (χ3v) is 3.67. The van der Waals surface area contributed by atoms with E-state index in [0.717, 1.165) is 29.8 Å². The zero-order valence-electron chi connectivity index (χ0n) is 11.4. The number of aryl methyl sites for hydroxylation is 1. The van der Waals surface area contributed by atoms with Gasteiger partial charge in [0.25, 0.3) is 0 Å². The quantitative estimate of drug-likeness (QED) is 0.874. The first kappa shape index (κ1) is 14.3. The predicted octanol–water partition coefficient (Wildman–Crippen LogP) is 3.91. The molecule has 0 saturated heterocycles. The van der Waals surface area contributed by atoms with Crippen molar-refractivity contribution < 1.29 is 0 Å². The van der Waals surface area contributed by atoms with E-state index < -0.39 is 0 Å². The lowest BCUT2D eigenvalue weighted by atomic mass is 10.1. The second kappa shape index (κ2) is 6.87. The largest absolute Gasteiger partial charge is 0.334 e. The first-order chi connectivity index (χ1) is 9.20. The summed E-state index contributed by atoms with van der Waals surface area (Å²) < 4.78 is 3.33. The van der Waals surface area contributed by atoms with Crippen LogP contribution in [-0.2, 0) is 13.1 Å². The maximum atomic E-state index is 4.41. The van der Waals surface area contributed by atoms with Gasteiger partial charge in [-0.2, -0.15) is 0 Å². The number of imidazole rings is 1. The molecule has 0 aliphatic heterocycles. The van der Waals surface area contributed by atoms with Gasteiger partial charge in [0.15, 0.2) is 0 Å². The molecule has 2 aromatic rings. The summed E-state index contributed by atoms with van der Waals surface area (Å²) in [5.74, 6) is 1.10. The maximum absolute atomic E-state index is 4.41. The van der Waals surface area contributed by atoms with Gasteiger partial charge < -0.3 is 9.88 Å². The molecular formula is C15H20BrN3. The van der Waals surface area contributed by atoms with Crippen LogP contribution in [0.2, 0.25) is 0 Å². The van der Waals surface area contributed by atoms with Gasteiger partial charge in [-0.25, -0.2) is 4.98 Å². The maximum Gasteiger partial charge on any atom is 0.122 e. The van der Waals surface area contributed by atoms with E-state index in [0.29, 0.717) is 6.04 Å². The highest BCUT2D eigenvalue weighted by Crippen LogP contribution is 2.18. The van der Waals surface area contributed by atoms with Crippen molar-refractivity contribution in [3.8, 4) is 0 Å². The first-order valence-electron chi connectivity index (χ1n) is 6.69. The molecular weight excluding hydrogens is 302 g/mol. The number of nitrogens with zero attached hydrogens (tertiary/aromatic N) is 2. The monoisotopic (exact) mass is 321 g/mol. The summed E-state index contributed by atoms with van der Waals surface area (Å²) >= 11 is 3.51. The van der Waals surface area contributed by atoms with E-state index in [-0.39, 0.29) is 0 Å². The minimum absolute atomic E-state index is 0.310. The highest BCUT2D eigenvalue weighted by Gasteiger charge is 2.07. The Morgan fingerprint density at radius 1 is 1.42 bits per heavy atom. The fourth-order valence-corrected chi connectivity index (χ4v) is 2.51. The Kier molecular flexibility index (Phi) is 5.16. The Bertz CT molecular complexity index is 522. The van der Waals surface area contributed by atoms with E-state index in [9.17, 15) is 0 Å². The summed E-state index contributed by atoms with van der Waals surface area (Å²) in [5, 5.41) is 3.52. The highest BCUT2D eigenvalue weighted by molar-refractivity contribution is 9.10. The lowest BCUT2D eigenvalue weighted by Crippen LogP contribution is -2.20. The summed E-state index contributed by atoms with van der Waals surface area (Å²) in [6.07, 6.45) is 5.05. The van der Waals surface area contributed by atoms with E-state index >= 15 is 0 Å². The van der Waals surface area contributed by atoms with Gasteiger partial charge in [0, 0.05) is 29.5 Å². The molecule has 0 aliphatic carbocycles. The Labute approximate surface area is 123 Å². The van der Waals surface area contributed by atoms with E-state index in [1.165, 1.54) is 5.56 Å². The predicted molar refractivity (Wildman–Crippen MR) is 81.9 cm³/mol. The van der Waals surface area contributed by atoms with E-state index in [2.05, 4.69) is 62.8 Å². The molecule has 1 aromatic heterocycles. The molecule has 1 atom stereocenters. The number of hydrogen-bond acceptors (Lipinski definition) is 2. The van der Waals surface area contributed by atoms with Gasteiger partial charge in [0.1, 0.15) is 5.82 Å². The normalized spacial score (nSPS) is 12.6. The minimum Gasteiger partial charge on any atom is -0.334 e. The molecule has 2 rings (SSSR count). The van der Waals surface area contributed by atoms with Gasteiger partial charge in [-0.1, -0.05) is 35.0 Å². The van der Waals surface area contributed by atoms with Crippen molar-refractivity contribution >= 4 is 15.9 Å². The Balaban J connectivity index is 1.96. The minimum atomic E-state index is 0.310. The Morgan fingerprint density at radius 2 is 2.26 bits per heavy atom. The molecule has 0 saturated carbocycles. The van der Waals surface area contributed by atoms with Crippen LogP contribution < -0.4 is 5.32 Å². The fourth-order valence-electron chi connectivity index (χ4n) is 2.09. The van der Waals surface area contributed by atoms with Gasteiger partial charge in [-0.15, -0.1) is 0 Å². The number of benzene rings is 1. The van der Waals surface area contributed by atoms with Gasteiger partial charge in [-0.05, 0) is 31.0 Å². The number of rotatable bonds is 6. The molecule has 0 radical (unpaired) electrons. The number of aromatic nitrogens is 2. The van der Waals surface area contributed by atoms with Crippen LogP contribution in [0.15, 0.2) is 41.1 Å². The second-order valence-corrected chi connectivity index (χ2v) is 5.61. The number of hydrogen-bond donors (Lipinski definition) is 1. The molecule has 3 nitrogen and oxygen atoms in total. The summed E-state index contributed by atoms with van der Waals surface area (Å²) in [5.41, 5.74) is 1.28. The Hall–Kier alpha value is -1.13. The van der Waals surface area contributed by atoms with Gasteiger partial charge >= 0.3 is 0 Å². The lowest BCUT2D eigenvalue weighted by molar-refractivity contribution is 0.532. The smallest absolute Gasteiger partial charge is 0.122 e. The van der Waals surface area contributed by atoms with Crippen molar-refractivity contribution in [3.63, 3.8) is 0 Å². The number of halogens is 1. The molecule has 102 valence electrons. The fraction of sp³-hybridized carbons (Fsp3) is 0.400. The van der Waals surface area contributed by atoms with Gasteiger partial charge in [-0.3, -0.25) is 0 Å². The van der Waals surface area contributed by atoms with Gasteiger partial charge in [0.05, 0.1) is 6.54 Å². The zero-order chi connectivity index (χ0) is 13.7. The zero-order valence-corrected chi connectivity index (χ0v) is 13.0. The Morgan fingerprint density at radius 3 is 3.00 bits per heavy atom. The molecule has 0 bridgehead atoms. The molecule has 1 aromatic carbocycles. The van der Waals surface area contributed by atoms with Crippen molar-refractivity contribution in [2.75, 3.05) is 0 Å². The topological polar surface area (TPSA) is 29.9 Å². The second-order valence-electron chi connectivity index (χ2n) is 4.69. The van der Waals surface area contributed by atoms with Crippen molar-refractivity contribution in [2.45, 2.75) is 39.4 Å². The van der Waals surface area contributed by atoms with Crippen LogP contribution in [0.25, 0.3) is 0 Å².